The fourth-order valence-corrected chi connectivity index (χ4v) is 1.53. The standard InChI is InChI=1S/C12H14N2OS/c1-9-12(13)7-6-11(14-9)5-3-4-8-16-10(2)15/h6-7H,4,8,13H2,1-2H3. The smallest absolute Gasteiger partial charge is 0.185 e. The molecular formula is C12H14N2OS. The fourth-order valence-electron chi connectivity index (χ4n) is 1.04. The molecule has 1 aromatic rings. The van der Waals surface area contributed by atoms with Gasteiger partial charge in [0.1, 0.15) is 5.69 Å². The zero-order valence-corrected chi connectivity index (χ0v) is 10.2. The minimum Gasteiger partial charge on any atom is -0.397 e. The maximum atomic E-state index is 10.6. The van der Waals surface area contributed by atoms with Crippen molar-refractivity contribution in [1.82, 2.24) is 4.98 Å². The number of rotatable bonds is 2. The summed E-state index contributed by atoms with van der Waals surface area (Å²) in [5, 5.41) is 0.128. The Bertz CT molecular complexity index is 446. The van der Waals surface area contributed by atoms with Crippen LogP contribution in [0.25, 0.3) is 0 Å². The summed E-state index contributed by atoms with van der Waals surface area (Å²) in [7, 11) is 0. The predicted octanol–water partition coefficient (Wildman–Crippen LogP) is 1.99. The molecule has 0 aromatic carbocycles. The molecule has 0 amide bonds. The van der Waals surface area contributed by atoms with Gasteiger partial charge in [-0.15, -0.1) is 0 Å². The van der Waals surface area contributed by atoms with Gasteiger partial charge < -0.3 is 5.73 Å². The van der Waals surface area contributed by atoms with Crippen molar-refractivity contribution in [3.05, 3.63) is 23.5 Å². The first-order valence-electron chi connectivity index (χ1n) is 4.95. The Morgan fingerprint density at radius 2 is 2.31 bits per heavy atom. The molecule has 0 radical (unpaired) electrons. The second kappa shape index (κ2) is 6.19. The van der Waals surface area contributed by atoms with E-state index in [0.29, 0.717) is 12.1 Å². The highest BCUT2D eigenvalue weighted by Crippen LogP contribution is 2.07. The molecule has 0 bridgehead atoms. The van der Waals surface area contributed by atoms with Crippen LogP contribution in [0.1, 0.15) is 24.7 Å². The third kappa shape index (κ3) is 4.37. The molecule has 0 aliphatic heterocycles. The quantitative estimate of drug-likeness (QED) is 0.628. The molecular weight excluding hydrogens is 220 g/mol. The van der Waals surface area contributed by atoms with E-state index in [4.69, 9.17) is 5.73 Å². The van der Waals surface area contributed by atoms with E-state index < -0.39 is 0 Å². The average Bonchev–Trinajstić information content (AvgIpc) is 2.22. The summed E-state index contributed by atoms with van der Waals surface area (Å²) in [6.07, 6.45) is 0.690. The largest absolute Gasteiger partial charge is 0.397 e. The van der Waals surface area contributed by atoms with Gasteiger partial charge in [0.25, 0.3) is 0 Å². The van der Waals surface area contributed by atoms with Gasteiger partial charge >= 0.3 is 0 Å². The van der Waals surface area contributed by atoms with Crippen molar-refractivity contribution in [2.45, 2.75) is 20.3 Å². The van der Waals surface area contributed by atoms with Crippen molar-refractivity contribution in [2.24, 2.45) is 0 Å². The highest BCUT2D eigenvalue weighted by molar-refractivity contribution is 8.13. The molecule has 0 atom stereocenters. The summed E-state index contributed by atoms with van der Waals surface area (Å²) in [5.41, 5.74) is 7.84. The number of nitrogen functional groups attached to an aromatic ring is 1. The number of thioether (sulfide) groups is 1. The first kappa shape index (κ1) is 12.6. The molecule has 84 valence electrons. The number of carbonyl (C=O) groups is 1. The molecule has 4 heteroatoms. The molecule has 0 saturated heterocycles. The molecule has 1 heterocycles. The van der Waals surface area contributed by atoms with Crippen LogP contribution in [0, 0.1) is 18.8 Å². The Labute approximate surface area is 99.8 Å². The van der Waals surface area contributed by atoms with Crippen LogP contribution in [0.4, 0.5) is 5.69 Å². The Balaban J connectivity index is 2.50. The van der Waals surface area contributed by atoms with Gasteiger partial charge in [0.15, 0.2) is 5.12 Å². The summed E-state index contributed by atoms with van der Waals surface area (Å²) >= 11 is 1.29. The van der Waals surface area contributed by atoms with Crippen LogP contribution in [0.3, 0.4) is 0 Å². The van der Waals surface area contributed by atoms with Gasteiger partial charge in [-0.3, -0.25) is 4.79 Å². The molecule has 16 heavy (non-hydrogen) atoms. The van der Waals surface area contributed by atoms with E-state index in [0.717, 1.165) is 17.1 Å². The molecule has 2 N–H and O–H groups in total. The normalized spacial score (nSPS) is 9.38. The molecule has 3 nitrogen and oxygen atoms in total. The van der Waals surface area contributed by atoms with E-state index in [9.17, 15) is 4.79 Å². The lowest BCUT2D eigenvalue weighted by molar-refractivity contribution is -0.109. The molecule has 0 fully saturated rings. The van der Waals surface area contributed by atoms with Gasteiger partial charge in [-0.25, -0.2) is 4.98 Å². The Morgan fingerprint density at radius 1 is 1.56 bits per heavy atom. The average molecular weight is 234 g/mol. The minimum absolute atomic E-state index is 0.128. The van der Waals surface area contributed by atoms with Crippen LogP contribution < -0.4 is 5.73 Å². The van der Waals surface area contributed by atoms with E-state index in [-0.39, 0.29) is 5.12 Å². The van der Waals surface area contributed by atoms with Crippen LogP contribution in [0.2, 0.25) is 0 Å². The van der Waals surface area contributed by atoms with Crippen LogP contribution >= 0.6 is 11.8 Å². The summed E-state index contributed by atoms with van der Waals surface area (Å²) in [5.74, 6) is 6.65. The predicted molar refractivity (Wildman–Crippen MR) is 68.0 cm³/mol. The molecule has 0 spiro atoms. The minimum atomic E-state index is 0.128. The number of nitrogens with zero attached hydrogens (tertiary/aromatic N) is 1. The van der Waals surface area contributed by atoms with Gasteiger partial charge in [0.2, 0.25) is 0 Å². The zero-order chi connectivity index (χ0) is 12.0. The number of anilines is 1. The van der Waals surface area contributed by atoms with Gasteiger partial charge in [-0.05, 0) is 25.0 Å². The monoisotopic (exact) mass is 234 g/mol. The van der Waals surface area contributed by atoms with E-state index in [1.54, 1.807) is 19.1 Å². The molecule has 0 aliphatic rings. The van der Waals surface area contributed by atoms with Crippen molar-refractivity contribution < 1.29 is 4.79 Å². The Kier molecular flexibility index (Phi) is 4.87. The van der Waals surface area contributed by atoms with Gasteiger partial charge in [-0.2, -0.15) is 0 Å². The Hall–Kier alpha value is -1.47. The number of nitrogens with two attached hydrogens (primary N) is 1. The summed E-state index contributed by atoms with van der Waals surface area (Å²) < 4.78 is 0. The van der Waals surface area contributed by atoms with Crippen LogP contribution in [0.15, 0.2) is 12.1 Å². The first-order valence-corrected chi connectivity index (χ1v) is 5.93. The highest BCUT2D eigenvalue weighted by atomic mass is 32.2. The van der Waals surface area contributed by atoms with Crippen molar-refractivity contribution in [1.29, 1.82) is 0 Å². The van der Waals surface area contributed by atoms with Crippen LogP contribution in [0.5, 0.6) is 0 Å². The number of carbonyl (C=O) groups excluding carboxylic acids is 1. The highest BCUT2D eigenvalue weighted by Gasteiger charge is 1.95. The summed E-state index contributed by atoms with van der Waals surface area (Å²) in [4.78, 5) is 14.9. The van der Waals surface area contributed by atoms with Crippen molar-refractivity contribution in [3.63, 3.8) is 0 Å². The lowest BCUT2D eigenvalue weighted by Crippen LogP contribution is -1.94. The van der Waals surface area contributed by atoms with Crippen LogP contribution in [-0.2, 0) is 4.79 Å². The molecule has 0 unspecified atom stereocenters. The second-order valence-electron chi connectivity index (χ2n) is 3.26. The van der Waals surface area contributed by atoms with E-state index in [1.807, 2.05) is 6.92 Å². The summed E-state index contributed by atoms with van der Waals surface area (Å²) in [6, 6.07) is 3.60. The number of hydrogen-bond acceptors (Lipinski definition) is 4. The third-order valence-electron chi connectivity index (χ3n) is 1.88. The maximum Gasteiger partial charge on any atom is 0.185 e. The second-order valence-corrected chi connectivity index (χ2v) is 4.53. The molecule has 1 rings (SSSR count). The molecule has 0 aliphatic carbocycles. The van der Waals surface area contributed by atoms with Gasteiger partial charge in [0.05, 0.1) is 11.4 Å². The SMILES string of the molecule is CC(=O)SCCC#Cc1ccc(N)c(C)n1. The zero-order valence-electron chi connectivity index (χ0n) is 9.41. The molecule has 1 aromatic heterocycles. The van der Waals surface area contributed by atoms with Crippen molar-refractivity contribution >= 4 is 22.6 Å². The fraction of sp³-hybridized carbons (Fsp3) is 0.333. The number of hydrogen-bond donors (Lipinski definition) is 1. The molecule has 0 saturated carbocycles. The topological polar surface area (TPSA) is 56.0 Å². The van der Waals surface area contributed by atoms with Crippen molar-refractivity contribution in [3.8, 4) is 11.8 Å². The number of aryl methyl sites for hydroxylation is 1. The van der Waals surface area contributed by atoms with E-state index in [2.05, 4.69) is 16.8 Å². The van der Waals surface area contributed by atoms with E-state index in [1.165, 1.54) is 11.8 Å². The maximum absolute atomic E-state index is 10.6. The summed E-state index contributed by atoms with van der Waals surface area (Å²) in [6.45, 7) is 3.41. The Morgan fingerprint density at radius 3 is 2.94 bits per heavy atom. The van der Waals surface area contributed by atoms with Crippen molar-refractivity contribution in [2.75, 3.05) is 11.5 Å². The number of aromatic nitrogens is 1. The van der Waals surface area contributed by atoms with E-state index >= 15 is 0 Å². The first-order chi connectivity index (χ1) is 7.59. The van der Waals surface area contributed by atoms with Gasteiger partial charge in [-0.1, -0.05) is 17.7 Å². The lowest BCUT2D eigenvalue weighted by Gasteiger charge is -1.97. The number of pyridine rings is 1. The van der Waals surface area contributed by atoms with Crippen LogP contribution in [-0.4, -0.2) is 15.9 Å². The lowest BCUT2D eigenvalue weighted by atomic mass is 10.2. The van der Waals surface area contributed by atoms with Gasteiger partial charge in [0, 0.05) is 19.1 Å². The third-order valence-corrected chi connectivity index (χ3v) is 2.69.